The lowest BCUT2D eigenvalue weighted by Gasteiger charge is -2.36. The van der Waals surface area contributed by atoms with Crippen LogP contribution in [0.1, 0.15) is 52.6 Å². The zero-order chi connectivity index (χ0) is 17.1. The largest absolute Gasteiger partial charge is 0.466 e. The van der Waals surface area contributed by atoms with Gasteiger partial charge in [0.25, 0.3) is 5.91 Å². The zero-order valence-corrected chi connectivity index (χ0v) is 15.5. The number of piperidine rings is 1. The van der Waals surface area contributed by atoms with Crippen molar-refractivity contribution in [2.24, 2.45) is 5.92 Å². The molecule has 0 aromatic carbocycles. The van der Waals surface area contributed by atoms with E-state index in [4.69, 9.17) is 4.42 Å². The number of hydrogen-bond donors (Lipinski definition) is 1. The Bertz CT molecular complexity index is 670. The number of nitrogens with one attached hydrogen (secondary N) is 1. The molecule has 1 fully saturated rings. The Morgan fingerprint density at radius 2 is 2.17 bits per heavy atom. The molecule has 3 rings (SSSR count). The molecule has 130 valence electrons. The molecule has 1 amide bonds. The van der Waals surface area contributed by atoms with Gasteiger partial charge in [0.2, 0.25) is 0 Å². The fourth-order valence-electron chi connectivity index (χ4n) is 3.37. The van der Waals surface area contributed by atoms with Crippen molar-refractivity contribution in [1.82, 2.24) is 10.2 Å². The van der Waals surface area contributed by atoms with Crippen molar-refractivity contribution in [3.05, 3.63) is 45.5 Å². The maximum absolute atomic E-state index is 12.5. The van der Waals surface area contributed by atoms with E-state index in [-0.39, 0.29) is 11.9 Å². The summed E-state index contributed by atoms with van der Waals surface area (Å²) in [5, 5.41) is 5.23. The van der Waals surface area contributed by atoms with Gasteiger partial charge in [-0.15, -0.1) is 11.3 Å². The third-order valence-electron chi connectivity index (χ3n) is 4.87. The molecular formula is C19H26N2O2S. The van der Waals surface area contributed by atoms with Crippen molar-refractivity contribution in [2.75, 3.05) is 19.6 Å². The van der Waals surface area contributed by atoms with Crippen LogP contribution in [0.15, 0.2) is 28.0 Å². The summed E-state index contributed by atoms with van der Waals surface area (Å²) in [6, 6.07) is 6.33. The standard InChI is InChI=1S/C19H26N2O2S/c1-13-6-8-21(9-7-13)17(18-5-4-10-24-18)12-20-19(22)16-11-14(2)23-15(16)3/h4-5,10-11,13,17H,6-9,12H2,1-3H3,(H,20,22). The first-order valence-corrected chi connectivity index (χ1v) is 9.55. The van der Waals surface area contributed by atoms with Crippen LogP contribution in [0.2, 0.25) is 0 Å². The minimum Gasteiger partial charge on any atom is -0.466 e. The number of aryl methyl sites for hydroxylation is 2. The van der Waals surface area contributed by atoms with E-state index >= 15 is 0 Å². The topological polar surface area (TPSA) is 45.5 Å². The molecule has 0 bridgehead atoms. The van der Waals surface area contributed by atoms with Crippen molar-refractivity contribution in [3.8, 4) is 0 Å². The van der Waals surface area contributed by atoms with Crippen molar-refractivity contribution in [2.45, 2.75) is 39.7 Å². The number of hydrogen-bond acceptors (Lipinski definition) is 4. The summed E-state index contributed by atoms with van der Waals surface area (Å²) in [5.74, 6) is 2.22. The molecular weight excluding hydrogens is 320 g/mol. The molecule has 0 radical (unpaired) electrons. The van der Waals surface area contributed by atoms with E-state index in [1.807, 2.05) is 19.9 Å². The maximum atomic E-state index is 12.5. The maximum Gasteiger partial charge on any atom is 0.254 e. The molecule has 5 heteroatoms. The molecule has 1 aliphatic rings. The molecule has 4 nitrogen and oxygen atoms in total. The van der Waals surface area contributed by atoms with Gasteiger partial charge < -0.3 is 9.73 Å². The van der Waals surface area contributed by atoms with Crippen LogP contribution in [0.25, 0.3) is 0 Å². The van der Waals surface area contributed by atoms with Crippen LogP contribution >= 0.6 is 11.3 Å². The third kappa shape index (κ3) is 3.90. The molecule has 3 heterocycles. The van der Waals surface area contributed by atoms with Gasteiger partial charge in [0.05, 0.1) is 11.6 Å². The second-order valence-electron chi connectivity index (χ2n) is 6.79. The normalized spacial score (nSPS) is 17.8. The van der Waals surface area contributed by atoms with E-state index in [1.165, 1.54) is 17.7 Å². The molecule has 1 atom stereocenters. The average Bonchev–Trinajstić information content (AvgIpc) is 3.19. The predicted molar refractivity (Wildman–Crippen MR) is 97.5 cm³/mol. The van der Waals surface area contributed by atoms with Crippen molar-refractivity contribution < 1.29 is 9.21 Å². The summed E-state index contributed by atoms with van der Waals surface area (Å²) in [4.78, 5) is 16.3. The van der Waals surface area contributed by atoms with Crippen LogP contribution in [-0.4, -0.2) is 30.4 Å². The van der Waals surface area contributed by atoms with Crippen LogP contribution in [0, 0.1) is 19.8 Å². The first kappa shape index (κ1) is 17.2. The van der Waals surface area contributed by atoms with Gasteiger partial charge in [0, 0.05) is 11.4 Å². The Morgan fingerprint density at radius 1 is 1.42 bits per heavy atom. The molecule has 24 heavy (non-hydrogen) atoms. The molecule has 1 aliphatic heterocycles. The van der Waals surface area contributed by atoms with Crippen LogP contribution in [0.4, 0.5) is 0 Å². The van der Waals surface area contributed by atoms with E-state index < -0.39 is 0 Å². The van der Waals surface area contributed by atoms with Gasteiger partial charge in [-0.3, -0.25) is 9.69 Å². The molecule has 0 saturated carbocycles. The van der Waals surface area contributed by atoms with Crippen molar-refractivity contribution in [1.29, 1.82) is 0 Å². The van der Waals surface area contributed by atoms with Gasteiger partial charge in [0.1, 0.15) is 11.5 Å². The van der Waals surface area contributed by atoms with Gasteiger partial charge >= 0.3 is 0 Å². The number of thiophene rings is 1. The Kier molecular flexibility index (Phi) is 5.41. The van der Waals surface area contributed by atoms with E-state index in [2.05, 4.69) is 34.7 Å². The molecule has 1 N–H and O–H groups in total. The fourth-order valence-corrected chi connectivity index (χ4v) is 4.23. The number of nitrogens with zero attached hydrogens (tertiary/aromatic N) is 1. The van der Waals surface area contributed by atoms with Gasteiger partial charge in [-0.25, -0.2) is 0 Å². The lowest BCUT2D eigenvalue weighted by molar-refractivity contribution is 0.0913. The second kappa shape index (κ2) is 7.53. The minimum absolute atomic E-state index is 0.0451. The molecule has 2 aromatic rings. The SMILES string of the molecule is Cc1cc(C(=O)NCC(c2cccs2)N2CCC(C)CC2)c(C)o1. The van der Waals surface area contributed by atoms with Gasteiger partial charge in [-0.1, -0.05) is 13.0 Å². The first-order chi connectivity index (χ1) is 11.5. The third-order valence-corrected chi connectivity index (χ3v) is 5.85. The van der Waals surface area contributed by atoms with Crippen molar-refractivity contribution in [3.63, 3.8) is 0 Å². The highest BCUT2D eigenvalue weighted by atomic mass is 32.1. The van der Waals surface area contributed by atoms with Crippen LogP contribution in [0.3, 0.4) is 0 Å². The fraction of sp³-hybridized carbons (Fsp3) is 0.526. The Labute approximate surface area is 147 Å². The highest BCUT2D eigenvalue weighted by Crippen LogP contribution is 2.29. The lowest BCUT2D eigenvalue weighted by atomic mass is 9.97. The summed E-state index contributed by atoms with van der Waals surface area (Å²) in [6.45, 7) is 8.87. The highest BCUT2D eigenvalue weighted by Gasteiger charge is 2.26. The quantitative estimate of drug-likeness (QED) is 0.884. The molecule has 2 aromatic heterocycles. The van der Waals surface area contributed by atoms with Gasteiger partial charge in [-0.2, -0.15) is 0 Å². The summed E-state index contributed by atoms with van der Waals surface area (Å²) >= 11 is 1.77. The second-order valence-corrected chi connectivity index (χ2v) is 7.77. The predicted octanol–water partition coefficient (Wildman–Crippen LogP) is 4.16. The lowest BCUT2D eigenvalue weighted by Crippen LogP contribution is -2.41. The van der Waals surface area contributed by atoms with Crippen LogP contribution in [0.5, 0.6) is 0 Å². The van der Waals surface area contributed by atoms with Crippen LogP contribution < -0.4 is 5.32 Å². The number of furan rings is 1. The number of amides is 1. The number of carbonyl (C=O) groups excluding carboxylic acids is 1. The molecule has 0 spiro atoms. The van der Waals surface area contributed by atoms with E-state index in [1.54, 1.807) is 11.3 Å². The molecule has 1 unspecified atom stereocenters. The minimum atomic E-state index is -0.0451. The Hall–Kier alpha value is -1.59. The van der Waals surface area contributed by atoms with Crippen molar-refractivity contribution >= 4 is 17.2 Å². The average molecular weight is 346 g/mol. The van der Waals surface area contributed by atoms with Gasteiger partial charge in [0.15, 0.2) is 0 Å². The van der Waals surface area contributed by atoms with E-state index in [0.717, 1.165) is 24.8 Å². The van der Waals surface area contributed by atoms with Gasteiger partial charge in [-0.05, 0) is 63.2 Å². The molecule has 0 aliphatic carbocycles. The van der Waals surface area contributed by atoms with E-state index in [0.29, 0.717) is 17.9 Å². The number of likely N-dealkylation sites (tertiary alicyclic amines) is 1. The summed E-state index contributed by atoms with van der Waals surface area (Å²) in [7, 11) is 0. The molecule has 1 saturated heterocycles. The zero-order valence-electron chi connectivity index (χ0n) is 14.7. The summed E-state index contributed by atoms with van der Waals surface area (Å²) in [5.41, 5.74) is 0.643. The van der Waals surface area contributed by atoms with Crippen LogP contribution in [-0.2, 0) is 0 Å². The summed E-state index contributed by atoms with van der Waals surface area (Å²) in [6.07, 6.45) is 2.46. The summed E-state index contributed by atoms with van der Waals surface area (Å²) < 4.78 is 5.47. The first-order valence-electron chi connectivity index (χ1n) is 8.67. The number of rotatable bonds is 5. The smallest absolute Gasteiger partial charge is 0.254 e. The van der Waals surface area contributed by atoms with E-state index in [9.17, 15) is 4.79 Å². The Balaban J connectivity index is 1.68. The monoisotopic (exact) mass is 346 g/mol. The Morgan fingerprint density at radius 3 is 2.75 bits per heavy atom. The highest BCUT2D eigenvalue weighted by molar-refractivity contribution is 7.10. The number of carbonyl (C=O) groups is 1.